The van der Waals surface area contributed by atoms with Crippen LogP contribution in [0.15, 0.2) is 47.2 Å². The van der Waals surface area contributed by atoms with Gasteiger partial charge in [-0.05, 0) is 30.3 Å². The van der Waals surface area contributed by atoms with Gasteiger partial charge in [-0.3, -0.25) is 0 Å². The number of rotatable bonds is 2. The number of nitrogen functional groups attached to an aromatic ring is 1. The number of nitrogens with two attached hydrogens (primary N) is 1. The second-order valence-electron chi connectivity index (χ2n) is 3.90. The average Bonchev–Trinajstić information content (AvgIpc) is 2.97. The molecular formula is C13H10N2O3. The molecule has 0 aliphatic heterocycles. The molecule has 3 N–H and O–H groups in total. The van der Waals surface area contributed by atoms with Crippen molar-refractivity contribution in [2.24, 2.45) is 0 Å². The van der Waals surface area contributed by atoms with Crippen molar-refractivity contribution < 1.29 is 14.3 Å². The minimum Gasteiger partial charge on any atom is -0.477 e. The maximum atomic E-state index is 11.0. The lowest BCUT2D eigenvalue weighted by Crippen LogP contribution is -2.03. The Hall–Kier alpha value is -2.69. The van der Waals surface area contributed by atoms with Crippen LogP contribution in [-0.4, -0.2) is 15.5 Å². The highest BCUT2D eigenvalue weighted by atomic mass is 16.4. The highest BCUT2D eigenvalue weighted by Crippen LogP contribution is 2.30. The van der Waals surface area contributed by atoms with E-state index in [0.717, 1.165) is 5.56 Å². The molecule has 0 aliphatic carbocycles. The summed E-state index contributed by atoms with van der Waals surface area (Å²) in [7, 11) is 0. The largest absolute Gasteiger partial charge is 0.477 e. The van der Waals surface area contributed by atoms with Crippen LogP contribution in [-0.2, 0) is 0 Å². The number of fused-ring (bicyclic) bond motifs is 1. The normalized spacial score (nSPS) is 10.9. The number of carbonyl (C=O) groups is 1. The second kappa shape index (κ2) is 3.66. The molecule has 0 fully saturated rings. The van der Waals surface area contributed by atoms with E-state index in [0.29, 0.717) is 17.0 Å². The summed E-state index contributed by atoms with van der Waals surface area (Å²) in [5.41, 5.74) is 8.14. The minimum atomic E-state index is -0.986. The molecule has 0 saturated heterocycles. The van der Waals surface area contributed by atoms with Gasteiger partial charge in [-0.1, -0.05) is 0 Å². The summed E-state index contributed by atoms with van der Waals surface area (Å²) in [6.07, 6.45) is 3.24. The zero-order valence-electron chi connectivity index (χ0n) is 9.33. The van der Waals surface area contributed by atoms with E-state index in [1.54, 1.807) is 35.1 Å². The Balaban J connectivity index is 2.28. The van der Waals surface area contributed by atoms with Gasteiger partial charge in [0.15, 0.2) is 0 Å². The molecule has 0 spiro atoms. The van der Waals surface area contributed by atoms with Crippen LogP contribution in [0.4, 0.5) is 5.69 Å². The Bertz CT molecular complexity index is 726. The Labute approximate surface area is 102 Å². The predicted octanol–water partition coefficient (Wildman–Crippen LogP) is 2.48. The van der Waals surface area contributed by atoms with Gasteiger partial charge in [0.25, 0.3) is 0 Å². The van der Waals surface area contributed by atoms with Gasteiger partial charge < -0.3 is 19.7 Å². The molecule has 0 atom stereocenters. The van der Waals surface area contributed by atoms with E-state index >= 15 is 0 Å². The number of hydrogen-bond acceptors (Lipinski definition) is 3. The van der Waals surface area contributed by atoms with Gasteiger partial charge in [0.1, 0.15) is 11.5 Å². The summed E-state index contributed by atoms with van der Waals surface area (Å²) in [5, 5.41) is 9.04. The molecule has 0 bridgehead atoms. The summed E-state index contributed by atoms with van der Waals surface area (Å²) in [6.45, 7) is 0. The quantitative estimate of drug-likeness (QED) is 0.723. The number of nitrogens with zero attached hydrogens (tertiary/aromatic N) is 1. The maximum absolute atomic E-state index is 11.0. The summed E-state index contributed by atoms with van der Waals surface area (Å²) >= 11 is 0. The van der Waals surface area contributed by atoms with Crippen molar-refractivity contribution in [2.75, 3.05) is 5.73 Å². The van der Waals surface area contributed by atoms with E-state index in [2.05, 4.69) is 0 Å². The molecule has 3 aromatic rings. The van der Waals surface area contributed by atoms with Crippen LogP contribution in [0.5, 0.6) is 0 Å². The van der Waals surface area contributed by atoms with Crippen LogP contribution in [0.25, 0.3) is 16.8 Å². The zero-order chi connectivity index (χ0) is 12.7. The third-order valence-electron chi connectivity index (χ3n) is 2.88. The molecule has 18 heavy (non-hydrogen) atoms. The van der Waals surface area contributed by atoms with E-state index in [4.69, 9.17) is 15.3 Å². The van der Waals surface area contributed by atoms with Crippen molar-refractivity contribution in [3.63, 3.8) is 0 Å². The number of carboxylic acid groups (broad SMARTS) is 1. The first-order valence-electron chi connectivity index (χ1n) is 5.35. The summed E-state index contributed by atoms with van der Waals surface area (Å²) in [5.74, 6) is -0.326. The van der Waals surface area contributed by atoms with E-state index in [1.165, 1.54) is 6.07 Å². The van der Waals surface area contributed by atoms with Crippen LogP contribution >= 0.6 is 0 Å². The Morgan fingerprint density at radius 1 is 1.28 bits per heavy atom. The molecule has 5 heteroatoms. The monoisotopic (exact) mass is 242 g/mol. The van der Waals surface area contributed by atoms with Gasteiger partial charge in [0.05, 0.1) is 17.5 Å². The summed E-state index contributed by atoms with van der Waals surface area (Å²) in [6, 6.07) is 8.54. The molecule has 0 aliphatic rings. The van der Waals surface area contributed by atoms with Gasteiger partial charge in [0, 0.05) is 11.8 Å². The second-order valence-corrected chi connectivity index (χ2v) is 3.90. The predicted molar refractivity (Wildman–Crippen MR) is 66.5 cm³/mol. The van der Waals surface area contributed by atoms with E-state index in [9.17, 15) is 4.79 Å². The number of carboxylic acids is 1. The summed E-state index contributed by atoms with van der Waals surface area (Å²) < 4.78 is 6.84. The van der Waals surface area contributed by atoms with Gasteiger partial charge in [-0.2, -0.15) is 0 Å². The molecule has 0 unspecified atom stereocenters. The van der Waals surface area contributed by atoms with Crippen LogP contribution in [0, 0.1) is 0 Å². The number of furan rings is 1. The van der Waals surface area contributed by atoms with E-state index in [1.807, 2.05) is 6.07 Å². The molecule has 0 saturated carbocycles. The van der Waals surface area contributed by atoms with Gasteiger partial charge in [-0.25, -0.2) is 4.79 Å². The lowest BCUT2D eigenvalue weighted by atomic mass is 10.1. The molecule has 0 radical (unpaired) electrons. The topological polar surface area (TPSA) is 80.9 Å². The SMILES string of the molecule is Nc1c(-c2ccco2)ccn2c(C(=O)O)ccc12. The molecule has 3 heterocycles. The standard InChI is InChI=1S/C13H10N2O3/c14-12-8(11-2-1-7-18-11)5-6-15-9(12)3-4-10(15)13(16)17/h1-7H,14H2,(H,16,17). The van der Waals surface area contributed by atoms with Crippen LogP contribution in [0.3, 0.4) is 0 Å². The third kappa shape index (κ3) is 1.37. The van der Waals surface area contributed by atoms with Crippen LogP contribution in [0.1, 0.15) is 10.5 Å². The lowest BCUT2D eigenvalue weighted by Gasteiger charge is -2.06. The number of aromatic carboxylic acids is 1. The first-order chi connectivity index (χ1) is 8.68. The van der Waals surface area contributed by atoms with Crippen molar-refractivity contribution >= 4 is 17.2 Å². The van der Waals surface area contributed by atoms with Crippen LogP contribution in [0.2, 0.25) is 0 Å². The number of pyridine rings is 1. The zero-order valence-corrected chi connectivity index (χ0v) is 9.33. The number of anilines is 1. The lowest BCUT2D eigenvalue weighted by molar-refractivity contribution is 0.0689. The molecule has 3 aromatic heterocycles. The first-order valence-corrected chi connectivity index (χ1v) is 5.35. The van der Waals surface area contributed by atoms with E-state index < -0.39 is 5.97 Å². The molecule has 5 nitrogen and oxygen atoms in total. The van der Waals surface area contributed by atoms with Gasteiger partial charge in [-0.15, -0.1) is 0 Å². The Kier molecular flexibility index (Phi) is 2.13. The van der Waals surface area contributed by atoms with Crippen molar-refractivity contribution in [3.8, 4) is 11.3 Å². The third-order valence-corrected chi connectivity index (χ3v) is 2.88. The molecule has 3 rings (SSSR count). The maximum Gasteiger partial charge on any atom is 0.352 e. The fourth-order valence-electron chi connectivity index (χ4n) is 2.03. The number of hydrogen-bond donors (Lipinski definition) is 2. The van der Waals surface area contributed by atoms with Crippen molar-refractivity contribution in [1.82, 2.24) is 4.40 Å². The highest BCUT2D eigenvalue weighted by Gasteiger charge is 2.14. The molecule has 90 valence electrons. The van der Waals surface area contributed by atoms with Gasteiger partial charge >= 0.3 is 5.97 Å². The van der Waals surface area contributed by atoms with Gasteiger partial charge in [0.2, 0.25) is 0 Å². The minimum absolute atomic E-state index is 0.183. The van der Waals surface area contributed by atoms with Crippen molar-refractivity contribution in [3.05, 3.63) is 48.5 Å². The fourth-order valence-corrected chi connectivity index (χ4v) is 2.03. The Morgan fingerprint density at radius 2 is 2.11 bits per heavy atom. The Morgan fingerprint density at radius 3 is 2.78 bits per heavy atom. The van der Waals surface area contributed by atoms with Crippen LogP contribution < -0.4 is 5.73 Å². The highest BCUT2D eigenvalue weighted by molar-refractivity contribution is 5.92. The van der Waals surface area contributed by atoms with Crippen molar-refractivity contribution in [2.45, 2.75) is 0 Å². The number of aromatic nitrogens is 1. The smallest absolute Gasteiger partial charge is 0.352 e. The first kappa shape index (κ1) is 10.5. The average molecular weight is 242 g/mol. The summed E-state index contributed by atoms with van der Waals surface area (Å²) in [4.78, 5) is 11.0. The van der Waals surface area contributed by atoms with Crippen molar-refractivity contribution in [1.29, 1.82) is 0 Å². The fraction of sp³-hybridized carbons (Fsp3) is 0. The molecule has 0 aromatic carbocycles. The van der Waals surface area contributed by atoms with E-state index in [-0.39, 0.29) is 5.69 Å². The molecule has 0 amide bonds. The molecular weight excluding hydrogens is 232 g/mol.